The second-order valence-corrected chi connectivity index (χ2v) is 16.8. The highest BCUT2D eigenvalue weighted by Gasteiger charge is 2.27. The third-order valence-electron chi connectivity index (χ3n) is 8.72. The summed E-state index contributed by atoms with van der Waals surface area (Å²) in [6, 6.07) is -0.917. The zero-order chi connectivity index (χ0) is 42.1. The third-order valence-corrected chi connectivity index (χ3v) is 9.70. The van der Waals surface area contributed by atoms with E-state index in [1.165, 1.54) is 44.9 Å². The lowest BCUT2D eigenvalue weighted by atomic mass is 10.1. The average molecular weight is 814 g/mol. The molecule has 57 heavy (non-hydrogen) atoms. The van der Waals surface area contributed by atoms with Gasteiger partial charge < -0.3 is 19.8 Å². The fourth-order valence-electron chi connectivity index (χ4n) is 5.27. The van der Waals surface area contributed by atoms with Crippen LogP contribution >= 0.6 is 7.82 Å². The highest BCUT2D eigenvalue weighted by molar-refractivity contribution is 7.47. The van der Waals surface area contributed by atoms with Crippen molar-refractivity contribution in [3.63, 3.8) is 0 Å². The normalized spacial score (nSPS) is 15.4. The van der Waals surface area contributed by atoms with Gasteiger partial charge in [0.1, 0.15) is 13.2 Å². The number of phosphoric acid groups is 1. The molecule has 8 nitrogen and oxygen atoms in total. The fourth-order valence-corrected chi connectivity index (χ4v) is 6.00. The standard InChI is InChI=1S/C48H81N2O6P/c1-6-8-10-12-14-16-18-20-22-24-25-26-28-30-32-34-36-38-40-42-48(52)49-46(45-56-57(53,54)55-44-43-50(3,4)5)47(51)41-39-37-35-33-31-29-27-23-21-19-17-15-13-11-9-7-2/h8,10,14,16,20-23,25-26,30-33,36,38-39,41,46-47,51H,6-7,9,11-13,15,17-19,24,27-29,34-35,37,40,42-45H2,1-5H3,(H-,49,52,53,54)/p+1/b10-8-,16-14-,22-20-,23-21+,26-25-,32-30-,33-31+,38-36-,41-39+. The minimum Gasteiger partial charge on any atom is -0.387 e. The lowest BCUT2D eigenvalue weighted by molar-refractivity contribution is -0.870. The largest absolute Gasteiger partial charge is 0.472 e. The molecular formula is C48H82N2O6P+. The van der Waals surface area contributed by atoms with Gasteiger partial charge >= 0.3 is 7.82 Å². The molecule has 0 saturated heterocycles. The molecule has 0 fully saturated rings. The van der Waals surface area contributed by atoms with Crippen LogP contribution in [0.15, 0.2) is 109 Å². The van der Waals surface area contributed by atoms with Crippen molar-refractivity contribution in [2.45, 2.75) is 148 Å². The summed E-state index contributed by atoms with van der Waals surface area (Å²) in [5.41, 5.74) is 0. The van der Waals surface area contributed by atoms with Gasteiger partial charge in [0.2, 0.25) is 5.91 Å². The highest BCUT2D eigenvalue weighted by Crippen LogP contribution is 2.43. The monoisotopic (exact) mass is 814 g/mol. The summed E-state index contributed by atoms with van der Waals surface area (Å²) in [5.74, 6) is -0.279. The molecule has 0 aliphatic heterocycles. The number of allylic oxidation sites excluding steroid dienone is 17. The Labute approximate surface area is 349 Å². The molecule has 1 amide bonds. The second kappa shape index (κ2) is 38.7. The quantitative estimate of drug-likeness (QED) is 0.0250. The SMILES string of the molecule is CC/C=C\C/C=C\C/C=C\C/C=C\C/C=C\C/C=C\CCC(=O)NC(COP(=O)(O)OCC[N+](C)(C)C)C(O)/C=C/CC/C=C/CC/C=C/CCCCCCCC. The maximum Gasteiger partial charge on any atom is 0.472 e. The molecule has 0 bridgehead atoms. The van der Waals surface area contributed by atoms with Crippen LogP contribution in [-0.4, -0.2) is 73.4 Å². The van der Waals surface area contributed by atoms with Gasteiger partial charge in [0, 0.05) is 6.42 Å². The van der Waals surface area contributed by atoms with Crippen LogP contribution in [0, 0.1) is 0 Å². The Morgan fingerprint density at radius 2 is 1.07 bits per heavy atom. The van der Waals surface area contributed by atoms with Gasteiger partial charge in [-0.2, -0.15) is 0 Å². The van der Waals surface area contributed by atoms with E-state index < -0.39 is 20.0 Å². The van der Waals surface area contributed by atoms with Gasteiger partial charge in [0.15, 0.2) is 0 Å². The summed E-state index contributed by atoms with van der Waals surface area (Å²) in [4.78, 5) is 23.1. The minimum absolute atomic E-state index is 0.0334. The van der Waals surface area contributed by atoms with E-state index in [2.05, 4.69) is 104 Å². The number of amides is 1. The van der Waals surface area contributed by atoms with Crippen LogP contribution < -0.4 is 5.32 Å². The van der Waals surface area contributed by atoms with Gasteiger partial charge in [-0.05, 0) is 83.5 Å². The van der Waals surface area contributed by atoms with Gasteiger partial charge in [-0.25, -0.2) is 4.57 Å². The van der Waals surface area contributed by atoms with Crippen LogP contribution in [0.1, 0.15) is 136 Å². The first-order valence-electron chi connectivity index (χ1n) is 21.8. The van der Waals surface area contributed by atoms with E-state index in [-0.39, 0.29) is 25.5 Å². The van der Waals surface area contributed by atoms with Gasteiger partial charge in [0.05, 0.1) is 39.9 Å². The summed E-state index contributed by atoms with van der Waals surface area (Å²) in [7, 11) is 1.48. The number of rotatable bonds is 37. The van der Waals surface area contributed by atoms with E-state index in [0.717, 1.165) is 64.2 Å². The number of carbonyl (C=O) groups excluding carboxylic acids is 1. The van der Waals surface area contributed by atoms with Crippen LogP contribution in [0.25, 0.3) is 0 Å². The summed E-state index contributed by atoms with van der Waals surface area (Å²) < 4.78 is 23.5. The maximum atomic E-state index is 12.8. The van der Waals surface area contributed by atoms with Crippen LogP contribution in [0.2, 0.25) is 0 Å². The molecule has 0 heterocycles. The Hall–Kier alpha value is -2.84. The molecule has 3 unspecified atom stereocenters. The van der Waals surface area contributed by atoms with Crippen LogP contribution in [0.4, 0.5) is 0 Å². The molecule has 0 spiro atoms. The molecule has 0 rings (SSSR count). The Morgan fingerprint density at radius 1 is 0.614 bits per heavy atom. The average Bonchev–Trinajstić information content (AvgIpc) is 3.16. The number of unbranched alkanes of at least 4 members (excludes halogenated alkanes) is 8. The molecular weight excluding hydrogens is 732 g/mol. The number of phosphoric ester groups is 1. The lowest BCUT2D eigenvalue weighted by Gasteiger charge is -2.25. The van der Waals surface area contributed by atoms with E-state index in [4.69, 9.17) is 9.05 Å². The molecule has 0 aliphatic carbocycles. The third kappa shape index (κ3) is 41.1. The number of aliphatic hydroxyl groups excluding tert-OH is 1. The summed E-state index contributed by atoms with van der Waals surface area (Å²) in [5, 5.41) is 13.7. The number of hydrogen-bond donors (Lipinski definition) is 3. The number of likely N-dealkylation sites (N-methyl/N-ethyl adjacent to an activating group) is 1. The van der Waals surface area contributed by atoms with E-state index >= 15 is 0 Å². The van der Waals surface area contributed by atoms with Crippen molar-refractivity contribution in [2.24, 2.45) is 0 Å². The Kier molecular flexibility index (Phi) is 36.7. The molecule has 0 aromatic carbocycles. The van der Waals surface area contributed by atoms with Gasteiger partial charge in [-0.1, -0.05) is 155 Å². The van der Waals surface area contributed by atoms with Gasteiger partial charge in [-0.15, -0.1) is 0 Å². The number of nitrogens with one attached hydrogen (secondary N) is 1. The molecule has 324 valence electrons. The van der Waals surface area contributed by atoms with Crippen molar-refractivity contribution >= 4 is 13.7 Å². The molecule has 0 aliphatic rings. The van der Waals surface area contributed by atoms with Crippen molar-refractivity contribution in [3.8, 4) is 0 Å². The van der Waals surface area contributed by atoms with Crippen molar-refractivity contribution in [3.05, 3.63) is 109 Å². The zero-order valence-corrected chi connectivity index (χ0v) is 37.4. The molecule has 3 atom stereocenters. The predicted molar refractivity (Wildman–Crippen MR) is 244 cm³/mol. The zero-order valence-electron chi connectivity index (χ0n) is 36.5. The predicted octanol–water partition coefficient (Wildman–Crippen LogP) is 12.1. The number of nitrogens with zero attached hydrogens (tertiary/aromatic N) is 1. The van der Waals surface area contributed by atoms with Crippen LogP contribution in [0.3, 0.4) is 0 Å². The Morgan fingerprint density at radius 3 is 1.60 bits per heavy atom. The van der Waals surface area contributed by atoms with Gasteiger partial charge in [0.25, 0.3) is 0 Å². The maximum absolute atomic E-state index is 12.8. The van der Waals surface area contributed by atoms with Crippen molar-refractivity contribution < 1.29 is 32.9 Å². The van der Waals surface area contributed by atoms with Gasteiger partial charge in [-0.3, -0.25) is 13.8 Å². The second-order valence-electron chi connectivity index (χ2n) is 15.3. The highest BCUT2D eigenvalue weighted by atomic mass is 31.2. The fraction of sp³-hybridized carbons (Fsp3) is 0.604. The van der Waals surface area contributed by atoms with Crippen LogP contribution in [0.5, 0.6) is 0 Å². The number of carbonyl (C=O) groups is 1. The molecule has 0 radical (unpaired) electrons. The molecule has 0 aromatic rings. The van der Waals surface area contributed by atoms with E-state index in [0.29, 0.717) is 17.4 Å². The summed E-state index contributed by atoms with van der Waals surface area (Å²) >= 11 is 0. The Balaban J connectivity index is 4.69. The smallest absolute Gasteiger partial charge is 0.387 e. The molecule has 0 saturated carbocycles. The van der Waals surface area contributed by atoms with E-state index in [1.54, 1.807) is 6.08 Å². The van der Waals surface area contributed by atoms with Crippen LogP contribution in [-0.2, 0) is 18.4 Å². The topological polar surface area (TPSA) is 105 Å². The van der Waals surface area contributed by atoms with Crippen molar-refractivity contribution in [1.82, 2.24) is 5.32 Å². The number of quaternary nitrogens is 1. The van der Waals surface area contributed by atoms with E-state index in [9.17, 15) is 19.4 Å². The van der Waals surface area contributed by atoms with Crippen molar-refractivity contribution in [2.75, 3.05) is 40.9 Å². The number of aliphatic hydroxyl groups is 1. The minimum atomic E-state index is -4.38. The molecule has 0 aromatic heterocycles. The molecule has 9 heteroatoms. The first-order chi connectivity index (χ1) is 27.5. The van der Waals surface area contributed by atoms with E-state index in [1.807, 2.05) is 39.4 Å². The first-order valence-corrected chi connectivity index (χ1v) is 23.3. The number of hydrogen-bond acceptors (Lipinski definition) is 5. The molecule has 3 N–H and O–H groups in total. The summed E-state index contributed by atoms with van der Waals surface area (Å²) in [6.07, 6.45) is 56.0. The first kappa shape index (κ1) is 54.2. The summed E-state index contributed by atoms with van der Waals surface area (Å²) in [6.45, 7) is 4.56. The lowest BCUT2D eigenvalue weighted by Crippen LogP contribution is -2.45. The van der Waals surface area contributed by atoms with Crippen molar-refractivity contribution in [1.29, 1.82) is 0 Å². The Bertz CT molecular complexity index is 1290.